The quantitative estimate of drug-likeness (QED) is 0.323. The highest BCUT2D eigenvalue weighted by Gasteiger charge is 2.56. The number of rotatable bonds is 4. The highest BCUT2D eigenvalue weighted by Crippen LogP contribution is 2.57. The van der Waals surface area contributed by atoms with Crippen LogP contribution in [0, 0.1) is 6.92 Å². The largest absolute Gasteiger partial charge is 0.507 e. The van der Waals surface area contributed by atoms with Gasteiger partial charge in [-0.3, -0.25) is 19.2 Å². The number of carbonyl (C=O) groups is 4. The molecule has 1 heterocycles. The lowest BCUT2D eigenvalue weighted by Gasteiger charge is -2.29. The predicted molar refractivity (Wildman–Crippen MR) is 105 cm³/mol. The molecule has 0 unspecified atom stereocenters. The number of ketones is 3. The summed E-state index contributed by atoms with van der Waals surface area (Å²) in [4.78, 5) is 49.7. The summed E-state index contributed by atoms with van der Waals surface area (Å²) in [6.07, 6.45) is 1.10. The average Bonchev–Trinajstić information content (AvgIpc) is 2.93. The maximum atomic E-state index is 13.5. The Morgan fingerprint density at radius 1 is 1.20 bits per heavy atom. The SMILES string of the molecule is CC(=O)c1c(O)c(C)c(O)c2c1OC1=CC(=O)/C(=C(/C)N[C@H](C)C(N)=O)C(=O)[C@]12C. The normalized spacial score (nSPS) is 22.5. The first-order valence-corrected chi connectivity index (χ1v) is 9.19. The van der Waals surface area contributed by atoms with Crippen LogP contribution in [0.25, 0.3) is 0 Å². The van der Waals surface area contributed by atoms with Gasteiger partial charge in [-0.25, -0.2) is 0 Å². The van der Waals surface area contributed by atoms with Gasteiger partial charge in [0.2, 0.25) is 5.91 Å². The molecule has 3 rings (SSSR count). The van der Waals surface area contributed by atoms with Crippen LogP contribution < -0.4 is 15.8 Å². The molecule has 0 saturated heterocycles. The first-order valence-electron chi connectivity index (χ1n) is 9.19. The lowest BCUT2D eigenvalue weighted by molar-refractivity contribution is -0.124. The average molecular weight is 414 g/mol. The summed E-state index contributed by atoms with van der Waals surface area (Å²) < 4.78 is 5.67. The van der Waals surface area contributed by atoms with Gasteiger partial charge in [0.05, 0.1) is 11.1 Å². The van der Waals surface area contributed by atoms with E-state index in [1.54, 1.807) is 0 Å². The van der Waals surface area contributed by atoms with Gasteiger partial charge in [-0.1, -0.05) is 0 Å². The Bertz CT molecular complexity index is 1110. The van der Waals surface area contributed by atoms with Crippen LogP contribution in [0.3, 0.4) is 0 Å². The highest BCUT2D eigenvalue weighted by molar-refractivity contribution is 6.31. The molecule has 0 fully saturated rings. The number of allylic oxidation sites excluding steroid dienone is 4. The number of phenols is 2. The van der Waals surface area contributed by atoms with E-state index in [0.717, 1.165) is 6.08 Å². The Morgan fingerprint density at radius 3 is 2.33 bits per heavy atom. The standard InChI is InChI=1S/C21H22N2O7/c1-7-16(26)14(10(4)24)18-15(17(7)27)21(5)12(30-18)6-11(25)13(19(21)28)8(2)23-9(3)20(22)29/h6,9,23,26-27H,1-5H3,(H2,22,29)/b13-8+/t9-,21-/m1/s1. The Labute approximate surface area is 172 Å². The third-order valence-electron chi connectivity index (χ3n) is 5.62. The highest BCUT2D eigenvalue weighted by atomic mass is 16.5. The summed E-state index contributed by atoms with van der Waals surface area (Å²) in [5.41, 5.74) is 3.38. The molecule has 1 aliphatic carbocycles. The number of fused-ring (bicyclic) bond motifs is 3. The summed E-state index contributed by atoms with van der Waals surface area (Å²) >= 11 is 0. The summed E-state index contributed by atoms with van der Waals surface area (Å²) in [5, 5.41) is 23.8. The number of primary amides is 1. The summed E-state index contributed by atoms with van der Waals surface area (Å²) in [5.74, 6) is -3.62. The molecule has 0 spiro atoms. The number of amides is 1. The molecular formula is C21H22N2O7. The number of hydrogen-bond acceptors (Lipinski definition) is 8. The number of ether oxygens (including phenoxy) is 1. The van der Waals surface area contributed by atoms with Crippen molar-refractivity contribution in [1.82, 2.24) is 5.32 Å². The van der Waals surface area contributed by atoms with Gasteiger partial charge in [0.1, 0.15) is 40.0 Å². The molecule has 9 nitrogen and oxygen atoms in total. The minimum atomic E-state index is -1.61. The van der Waals surface area contributed by atoms with Gasteiger partial charge in [0.25, 0.3) is 0 Å². The van der Waals surface area contributed by atoms with Crippen molar-refractivity contribution >= 4 is 23.3 Å². The second-order valence-electron chi connectivity index (χ2n) is 7.65. The van der Waals surface area contributed by atoms with E-state index in [1.807, 2.05) is 0 Å². The Kier molecular flexibility index (Phi) is 4.73. The van der Waals surface area contributed by atoms with E-state index in [0.29, 0.717) is 0 Å². The van der Waals surface area contributed by atoms with Gasteiger partial charge < -0.3 is 26.0 Å². The topological polar surface area (TPSA) is 156 Å². The third kappa shape index (κ3) is 2.69. The molecule has 1 aromatic rings. The van der Waals surface area contributed by atoms with Gasteiger partial charge >= 0.3 is 0 Å². The maximum absolute atomic E-state index is 13.5. The van der Waals surface area contributed by atoms with E-state index in [9.17, 15) is 29.4 Å². The fraction of sp³-hybridized carbons (Fsp3) is 0.333. The molecule has 2 atom stereocenters. The molecule has 0 radical (unpaired) electrons. The second-order valence-corrected chi connectivity index (χ2v) is 7.65. The number of carbonyl (C=O) groups excluding carboxylic acids is 4. The van der Waals surface area contributed by atoms with E-state index in [2.05, 4.69) is 5.32 Å². The van der Waals surface area contributed by atoms with Crippen molar-refractivity contribution < 1.29 is 34.1 Å². The smallest absolute Gasteiger partial charge is 0.239 e. The molecule has 1 aromatic carbocycles. The van der Waals surface area contributed by atoms with Crippen molar-refractivity contribution in [2.24, 2.45) is 5.73 Å². The molecule has 9 heteroatoms. The van der Waals surface area contributed by atoms with E-state index in [1.165, 1.54) is 34.6 Å². The molecule has 30 heavy (non-hydrogen) atoms. The van der Waals surface area contributed by atoms with Crippen LogP contribution in [0.5, 0.6) is 17.2 Å². The fourth-order valence-electron chi connectivity index (χ4n) is 3.83. The van der Waals surface area contributed by atoms with Gasteiger partial charge in [0.15, 0.2) is 17.3 Å². The minimum absolute atomic E-state index is 0.000000262. The zero-order chi connectivity index (χ0) is 22.7. The van der Waals surface area contributed by atoms with Crippen molar-refractivity contribution in [2.45, 2.75) is 46.1 Å². The Balaban J connectivity index is 2.29. The molecule has 5 N–H and O–H groups in total. The number of Topliss-reactive ketones (excluding diaryl/α,β-unsaturated/α-hetero) is 2. The molecule has 1 amide bonds. The Morgan fingerprint density at radius 2 is 1.80 bits per heavy atom. The number of benzene rings is 1. The maximum Gasteiger partial charge on any atom is 0.239 e. The van der Waals surface area contributed by atoms with Crippen LogP contribution in [0.1, 0.15) is 49.2 Å². The number of phenolic OH excluding ortho intramolecular Hbond substituents is 2. The van der Waals surface area contributed by atoms with Crippen molar-refractivity contribution in [1.29, 1.82) is 0 Å². The summed E-state index contributed by atoms with van der Waals surface area (Å²) in [6.45, 7) is 7.03. The van der Waals surface area contributed by atoms with Crippen LogP contribution in [0.15, 0.2) is 23.1 Å². The summed E-state index contributed by atoms with van der Waals surface area (Å²) in [6, 6.07) is -0.833. The van der Waals surface area contributed by atoms with Crippen LogP contribution in [0.2, 0.25) is 0 Å². The zero-order valence-electron chi connectivity index (χ0n) is 17.2. The third-order valence-corrected chi connectivity index (χ3v) is 5.62. The zero-order valence-corrected chi connectivity index (χ0v) is 17.2. The van der Waals surface area contributed by atoms with Crippen molar-refractivity contribution in [2.75, 3.05) is 0 Å². The monoisotopic (exact) mass is 414 g/mol. The van der Waals surface area contributed by atoms with Crippen LogP contribution in [-0.2, 0) is 19.8 Å². The van der Waals surface area contributed by atoms with E-state index < -0.39 is 46.2 Å². The lowest BCUT2D eigenvalue weighted by atomic mass is 9.70. The van der Waals surface area contributed by atoms with Crippen molar-refractivity contribution in [3.63, 3.8) is 0 Å². The molecular weight excluding hydrogens is 392 g/mol. The van der Waals surface area contributed by atoms with Crippen molar-refractivity contribution in [3.05, 3.63) is 39.8 Å². The molecule has 2 aliphatic rings. The first kappa shape index (κ1) is 21.1. The lowest BCUT2D eigenvalue weighted by Crippen LogP contribution is -2.43. The predicted octanol–water partition coefficient (Wildman–Crippen LogP) is 1.03. The molecule has 0 saturated carbocycles. The molecule has 0 bridgehead atoms. The number of nitrogens with one attached hydrogen (secondary N) is 1. The fourth-order valence-corrected chi connectivity index (χ4v) is 3.83. The van der Waals surface area contributed by atoms with E-state index >= 15 is 0 Å². The van der Waals surface area contributed by atoms with Gasteiger partial charge in [-0.15, -0.1) is 0 Å². The molecule has 158 valence electrons. The summed E-state index contributed by atoms with van der Waals surface area (Å²) in [7, 11) is 0. The van der Waals surface area contributed by atoms with Crippen LogP contribution in [0.4, 0.5) is 0 Å². The molecule has 1 aliphatic heterocycles. The van der Waals surface area contributed by atoms with Gasteiger partial charge in [-0.2, -0.15) is 0 Å². The number of aromatic hydroxyl groups is 2. The Hall–Kier alpha value is -3.62. The first-order chi connectivity index (χ1) is 13.8. The molecule has 0 aromatic heterocycles. The van der Waals surface area contributed by atoms with Crippen molar-refractivity contribution in [3.8, 4) is 17.2 Å². The van der Waals surface area contributed by atoms with E-state index in [4.69, 9.17) is 10.5 Å². The number of nitrogens with two attached hydrogens (primary N) is 1. The van der Waals surface area contributed by atoms with E-state index in [-0.39, 0.29) is 39.5 Å². The second kappa shape index (κ2) is 6.72. The van der Waals surface area contributed by atoms with Gasteiger partial charge in [-0.05, 0) is 34.6 Å². The van der Waals surface area contributed by atoms with Crippen LogP contribution in [-0.4, -0.2) is 39.5 Å². The van der Waals surface area contributed by atoms with Crippen LogP contribution >= 0.6 is 0 Å². The number of hydrogen-bond donors (Lipinski definition) is 4. The van der Waals surface area contributed by atoms with Gasteiger partial charge in [0, 0.05) is 17.3 Å². The minimum Gasteiger partial charge on any atom is -0.507 e.